The number of carbonyl (C=O) groups excluding carboxylic acids is 1. The Hall–Kier alpha value is -2.37. The summed E-state index contributed by atoms with van der Waals surface area (Å²) in [5.41, 5.74) is 0.282. The molecule has 100 valence electrons. The summed E-state index contributed by atoms with van der Waals surface area (Å²) in [4.78, 5) is 20.0. The Balaban J connectivity index is 1.92. The molecule has 0 aliphatic carbocycles. The molecule has 0 atom stereocenters. The molecule has 0 aliphatic heterocycles. The highest BCUT2D eigenvalue weighted by Gasteiger charge is 2.08. The zero-order valence-corrected chi connectivity index (χ0v) is 10.9. The molecule has 0 saturated carbocycles. The molecule has 0 unspecified atom stereocenters. The topological polar surface area (TPSA) is 80.0 Å². The molecular weight excluding hydrogens is 244 g/mol. The first-order valence-electron chi connectivity index (χ1n) is 6.08. The number of rotatable bonds is 5. The van der Waals surface area contributed by atoms with Crippen molar-refractivity contribution in [1.29, 1.82) is 0 Å². The third-order valence-electron chi connectivity index (χ3n) is 2.46. The number of hydrogen-bond donors (Lipinski definition) is 2. The Morgan fingerprint density at radius 1 is 1.32 bits per heavy atom. The van der Waals surface area contributed by atoms with Gasteiger partial charge in [-0.1, -0.05) is 0 Å². The molecule has 19 heavy (non-hydrogen) atoms. The summed E-state index contributed by atoms with van der Waals surface area (Å²) in [5, 5.41) is 5.74. The minimum atomic E-state index is -0.274. The summed E-state index contributed by atoms with van der Waals surface area (Å²) < 4.78 is 5.36. The van der Waals surface area contributed by atoms with Crippen molar-refractivity contribution >= 4 is 11.7 Å². The van der Waals surface area contributed by atoms with Crippen LogP contribution >= 0.6 is 0 Å². The van der Waals surface area contributed by atoms with Gasteiger partial charge in [0.05, 0.1) is 18.9 Å². The number of furan rings is 1. The van der Waals surface area contributed by atoms with Crippen LogP contribution in [0.2, 0.25) is 0 Å². The van der Waals surface area contributed by atoms with Crippen molar-refractivity contribution in [3.05, 3.63) is 41.7 Å². The van der Waals surface area contributed by atoms with Crippen LogP contribution in [-0.4, -0.2) is 22.4 Å². The molecule has 0 aliphatic rings. The van der Waals surface area contributed by atoms with Crippen LogP contribution in [0.5, 0.6) is 0 Å². The van der Waals surface area contributed by atoms with E-state index >= 15 is 0 Å². The van der Waals surface area contributed by atoms with Crippen LogP contribution in [-0.2, 0) is 6.54 Å². The van der Waals surface area contributed by atoms with Crippen LogP contribution in [0.15, 0.2) is 28.9 Å². The maximum absolute atomic E-state index is 11.8. The third kappa shape index (κ3) is 3.54. The standard InChI is InChI=1S/C13H16N4O2/c1-3-14-12-8-15-11(7-16-12)13(18)17-6-10-5-4-9(2)19-10/h4-5,7-8H,3,6H2,1-2H3,(H,14,16)(H,17,18). The van der Waals surface area contributed by atoms with Crippen LogP contribution in [0.1, 0.15) is 28.9 Å². The average Bonchev–Trinajstić information content (AvgIpc) is 2.83. The third-order valence-corrected chi connectivity index (χ3v) is 2.46. The maximum atomic E-state index is 11.8. The molecular formula is C13H16N4O2. The molecule has 2 rings (SSSR count). The predicted molar refractivity (Wildman–Crippen MR) is 70.8 cm³/mol. The minimum absolute atomic E-state index is 0.274. The largest absolute Gasteiger partial charge is 0.465 e. The summed E-state index contributed by atoms with van der Waals surface area (Å²) in [6, 6.07) is 3.68. The van der Waals surface area contributed by atoms with E-state index < -0.39 is 0 Å². The van der Waals surface area contributed by atoms with Crippen molar-refractivity contribution in [3.8, 4) is 0 Å². The molecule has 0 spiro atoms. The maximum Gasteiger partial charge on any atom is 0.271 e. The summed E-state index contributed by atoms with van der Waals surface area (Å²) in [7, 11) is 0. The highest BCUT2D eigenvalue weighted by Crippen LogP contribution is 2.06. The van der Waals surface area contributed by atoms with Crippen molar-refractivity contribution in [2.24, 2.45) is 0 Å². The molecule has 2 N–H and O–H groups in total. The van der Waals surface area contributed by atoms with E-state index in [-0.39, 0.29) is 11.6 Å². The van der Waals surface area contributed by atoms with E-state index in [4.69, 9.17) is 4.42 Å². The van der Waals surface area contributed by atoms with Gasteiger partial charge < -0.3 is 15.1 Å². The van der Waals surface area contributed by atoms with Crippen molar-refractivity contribution in [2.45, 2.75) is 20.4 Å². The smallest absolute Gasteiger partial charge is 0.271 e. The molecule has 1 amide bonds. The monoisotopic (exact) mass is 260 g/mol. The Labute approximate surface area is 111 Å². The second kappa shape index (κ2) is 5.99. The average molecular weight is 260 g/mol. The lowest BCUT2D eigenvalue weighted by molar-refractivity contribution is 0.0942. The lowest BCUT2D eigenvalue weighted by Gasteiger charge is -2.04. The second-order valence-electron chi connectivity index (χ2n) is 4.01. The molecule has 2 aromatic rings. The molecule has 2 aromatic heterocycles. The SMILES string of the molecule is CCNc1cnc(C(=O)NCc2ccc(C)o2)cn1. The molecule has 0 aromatic carbocycles. The number of amides is 1. The number of nitrogens with zero attached hydrogens (tertiary/aromatic N) is 2. The van der Waals surface area contributed by atoms with Crippen LogP contribution in [0, 0.1) is 6.92 Å². The van der Waals surface area contributed by atoms with Gasteiger partial charge in [0.1, 0.15) is 23.0 Å². The van der Waals surface area contributed by atoms with Crippen LogP contribution < -0.4 is 10.6 Å². The van der Waals surface area contributed by atoms with Crippen LogP contribution in [0.4, 0.5) is 5.82 Å². The van der Waals surface area contributed by atoms with Gasteiger partial charge >= 0.3 is 0 Å². The fourth-order valence-electron chi connectivity index (χ4n) is 1.56. The summed E-state index contributed by atoms with van der Waals surface area (Å²) in [5.74, 6) is 1.91. The first-order chi connectivity index (χ1) is 9.19. The Morgan fingerprint density at radius 3 is 2.74 bits per heavy atom. The quantitative estimate of drug-likeness (QED) is 0.856. The number of nitrogens with one attached hydrogen (secondary N) is 2. The van der Waals surface area contributed by atoms with Gasteiger partial charge in [-0.05, 0) is 26.0 Å². The first-order valence-corrected chi connectivity index (χ1v) is 6.08. The van der Waals surface area contributed by atoms with Crippen LogP contribution in [0.3, 0.4) is 0 Å². The van der Waals surface area contributed by atoms with E-state index in [0.29, 0.717) is 18.1 Å². The summed E-state index contributed by atoms with van der Waals surface area (Å²) >= 11 is 0. The molecule has 0 bridgehead atoms. The molecule has 2 heterocycles. The van der Waals surface area contributed by atoms with E-state index in [2.05, 4.69) is 20.6 Å². The lowest BCUT2D eigenvalue weighted by Crippen LogP contribution is -2.23. The fourth-order valence-corrected chi connectivity index (χ4v) is 1.56. The van der Waals surface area contributed by atoms with Crippen molar-refractivity contribution < 1.29 is 9.21 Å². The molecule has 6 heteroatoms. The number of aryl methyl sites for hydroxylation is 1. The Kier molecular flexibility index (Phi) is 4.12. The fraction of sp³-hybridized carbons (Fsp3) is 0.308. The molecule has 0 fully saturated rings. The molecule has 0 radical (unpaired) electrons. The number of carbonyl (C=O) groups is 1. The van der Waals surface area contributed by atoms with Gasteiger partial charge in [-0.2, -0.15) is 0 Å². The second-order valence-corrected chi connectivity index (χ2v) is 4.01. The number of aromatic nitrogens is 2. The van der Waals surface area contributed by atoms with E-state index in [0.717, 1.165) is 12.3 Å². The zero-order chi connectivity index (χ0) is 13.7. The van der Waals surface area contributed by atoms with Crippen molar-refractivity contribution in [1.82, 2.24) is 15.3 Å². The van der Waals surface area contributed by atoms with E-state index in [1.807, 2.05) is 26.0 Å². The van der Waals surface area contributed by atoms with Crippen molar-refractivity contribution in [2.75, 3.05) is 11.9 Å². The van der Waals surface area contributed by atoms with Gasteiger partial charge in [0.2, 0.25) is 0 Å². The van der Waals surface area contributed by atoms with E-state index in [1.54, 1.807) is 0 Å². The first kappa shape index (κ1) is 13.1. The zero-order valence-electron chi connectivity index (χ0n) is 10.9. The van der Waals surface area contributed by atoms with Gasteiger partial charge in [-0.15, -0.1) is 0 Å². The van der Waals surface area contributed by atoms with Gasteiger partial charge in [-0.3, -0.25) is 4.79 Å². The highest BCUT2D eigenvalue weighted by molar-refractivity contribution is 5.91. The Morgan fingerprint density at radius 2 is 2.16 bits per heavy atom. The normalized spacial score (nSPS) is 10.2. The van der Waals surface area contributed by atoms with Crippen LogP contribution in [0.25, 0.3) is 0 Å². The minimum Gasteiger partial charge on any atom is -0.465 e. The lowest BCUT2D eigenvalue weighted by atomic mass is 10.4. The number of anilines is 1. The van der Waals surface area contributed by atoms with Gasteiger partial charge in [-0.25, -0.2) is 9.97 Å². The summed E-state index contributed by atoms with van der Waals surface area (Å²) in [6.07, 6.45) is 2.98. The molecule has 6 nitrogen and oxygen atoms in total. The number of hydrogen-bond acceptors (Lipinski definition) is 5. The molecule has 0 saturated heterocycles. The van der Waals surface area contributed by atoms with E-state index in [1.165, 1.54) is 12.4 Å². The van der Waals surface area contributed by atoms with Gasteiger partial charge in [0, 0.05) is 6.54 Å². The predicted octanol–water partition coefficient (Wildman–Crippen LogP) is 1.74. The Bertz CT molecular complexity index is 548. The van der Waals surface area contributed by atoms with E-state index in [9.17, 15) is 4.79 Å². The highest BCUT2D eigenvalue weighted by atomic mass is 16.3. The van der Waals surface area contributed by atoms with Crippen molar-refractivity contribution in [3.63, 3.8) is 0 Å². The van der Waals surface area contributed by atoms with Gasteiger partial charge in [0.25, 0.3) is 5.91 Å². The van der Waals surface area contributed by atoms with Gasteiger partial charge in [0.15, 0.2) is 0 Å². The summed E-state index contributed by atoms with van der Waals surface area (Å²) in [6.45, 7) is 4.92.